The zero-order valence-electron chi connectivity index (χ0n) is 16.9. The van der Waals surface area contributed by atoms with Crippen molar-refractivity contribution >= 4 is 17.6 Å². The lowest BCUT2D eigenvalue weighted by atomic mass is 9.62. The van der Waals surface area contributed by atoms with Crippen molar-refractivity contribution in [2.45, 2.75) is 101 Å². The standard InChI is InChI=1S/C22H38ClNO3/c1-2-13-22(14-8-15-22)20(25)10-7-16-24-17-12-18(23)19(24)9-5-3-4-6-11-21(26)27/h3,5,18-20,25H,2,4,6-17H2,1H3,(H,26,27)/b5-3-. The summed E-state index contributed by atoms with van der Waals surface area (Å²) in [5.41, 5.74) is 0.215. The van der Waals surface area contributed by atoms with Crippen molar-refractivity contribution in [2.24, 2.45) is 5.41 Å². The van der Waals surface area contributed by atoms with E-state index < -0.39 is 5.97 Å². The highest BCUT2D eigenvalue weighted by Crippen LogP contribution is 2.48. The van der Waals surface area contributed by atoms with E-state index in [0.29, 0.717) is 12.5 Å². The zero-order valence-corrected chi connectivity index (χ0v) is 17.7. The average molecular weight is 400 g/mol. The van der Waals surface area contributed by atoms with E-state index in [1.807, 2.05) is 0 Å². The summed E-state index contributed by atoms with van der Waals surface area (Å²) in [6.45, 7) is 4.28. The number of rotatable bonds is 13. The van der Waals surface area contributed by atoms with E-state index in [9.17, 15) is 9.90 Å². The summed E-state index contributed by atoms with van der Waals surface area (Å²) in [6.07, 6.45) is 15.8. The zero-order chi connectivity index (χ0) is 19.7. The molecule has 5 heteroatoms. The van der Waals surface area contributed by atoms with E-state index in [4.69, 9.17) is 16.7 Å². The van der Waals surface area contributed by atoms with E-state index in [1.165, 1.54) is 19.3 Å². The number of carboxylic acids is 1. The maximum Gasteiger partial charge on any atom is 0.303 e. The molecule has 3 unspecified atom stereocenters. The van der Waals surface area contributed by atoms with Crippen LogP contribution in [0.2, 0.25) is 0 Å². The lowest BCUT2D eigenvalue weighted by Gasteiger charge is -2.46. The van der Waals surface area contributed by atoms with Gasteiger partial charge in [0.2, 0.25) is 0 Å². The van der Waals surface area contributed by atoms with Gasteiger partial charge in [0.05, 0.1) is 11.5 Å². The molecule has 1 aliphatic heterocycles. The number of alkyl halides is 1. The molecule has 0 aromatic heterocycles. The first kappa shape index (κ1) is 22.7. The number of hydrogen-bond donors (Lipinski definition) is 2. The molecule has 0 spiro atoms. The van der Waals surface area contributed by atoms with Crippen molar-refractivity contribution in [3.63, 3.8) is 0 Å². The van der Waals surface area contributed by atoms with Crippen LogP contribution in [0.3, 0.4) is 0 Å². The van der Waals surface area contributed by atoms with Crippen LogP contribution in [-0.4, -0.2) is 51.7 Å². The Morgan fingerprint density at radius 1 is 1.33 bits per heavy atom. The summed E-state index contributed by atoms with van der Waals surface area (Å²) in [5.74, 6) is -0.726. The molecule has 0 bridgehead atoms. The summed E-state index contributed by atoms with van der Waals surface area (Å²) in [6, 6.07) is 0.368. The van der Waals surface area contributed by atoms with E-state index >= 15 is 0 Å². The number of carbonyl (C=O) groups is 1. The van der Waals surface area contributed by atoms with E-state index in [-0.39, 0.29) is 23.3 Å². The Labute approximate surface area is 170 Å². The fourth-order valence-corrected chi connectivity index (χ4v) is 5.21. The van der Waals surface area contributed by atoms with Gasteiger partial charge < -0.3 is 10.2 Å². The Balaban J connectivity index is 1.69. The third-order valence-electron chi connectivity index (χ3n) is 6.61. The quantitative estimate of drug-likeness (QED) is 0.260. The number of unbranched alkanes of at least 4 members (excludes halogenated alkanes) is 1. The summed E-state index contributed by atoms with van der Waals surface area (Å²) >= 11 is 6.54. The maximum atomic E-state index is 10.7. The second kappa shape index (κ2) is 11.4. The first-order valence-electron chi connectivity index (χ1n) is 10.9. The summed E-state index contributed by atoms with van der Waals surface area (Å²) in [7, 11) is 0. The molecule has 2 rings (SSSR count). The number of hydrogen-bond acceptors (Lipinski definition) is 3. The van der Waals surface area contributed by atoms with Crippen LogP contribution < -0.4 is 0 Å². The van der Waals surface area contributed by atoms with Crippen LogP contribution in [0.5, 0.6) is 0 Å². The molecule has 4 nitrogen and oxygen atoms in total. The van der Waals surface area contributed by atoms with Gasteiger partial charge in [-0.1, -0.05) is 31.9 Å². The summed E-state index contributed by atoms with van der Waals surface area (Å²) in [5, 5.41) is 19.6. The predicted octanol–water partition coefficient (Wildman–Crippen LogP) is 4.98. The molecule has 27 heavy (non-hydrogen) atoms. The van der Waals surface area contributed by atoms with Gasteiger partial charge in [0, 0.05) is 12.5 Å². The number of aliphatic carboxylic acids is 1. The first-order chi connectivity index (χ1) is 13.0. The minimum absolute atomic E-state index is 0.145. The predicted molar refractivity (Wildman–Crippen MR) is 111 cm³/mol. The monoisotopic (exact) mass is 399 g/mol. The van der Waals surface area contributed by atoms with Gasteiger partial charge in [-0.25, -0.2) is 0 Å². The largest absolute Gasteiger partial charge is 0.481 e. The highest BCUT2D eigenvalue weighted by atomic mass is 35.5. The van der Waals surface area contributed by atoms with E-state index in [1.54, 1.807) is 0 Å². The van der Waals surface area contributed by atoms with Crippen LogP contribution >= 0.6 is 11.6 Å². The van der Waals surface area contributed by atoms with Gasteiger partial charge in [0.15, 0.2) is 0 Å². The molecular formula is C22H38ClNO3. The van der Waals surface area contributed by atoms with Crippen LogP contribution in [-0.2, 0) is 4.79 Å². The van der Waals surface area contributed by atoms with Crippen molar-refractivity contribution < 1.29 is 15.0 Å². The number of likely N-dealkylation sites (tertiary alicyclic amines) is 1. The molecule has 1 aliphatic carbocycles. The van der Waals surface area contributed by atoms with Crippen LogP contribution in [0.15, 0.2) is 12.2 Å². The fraction of sp³-hybridized carbons (Fsp3) is 0.864. The van der Waals surface area contributed by atoms with E-state index in [0.717, 1.165) is 58.0 Å². The number of aliphatic hydroxyl groups is 1. The summed E-state index contributed by atoms with van der Waals surface area (Å²) in [4.78, 5) is 13.0. The van der Waals surface area contributed by atoms with Gasteiger partial charge in [0.25, 0.3) is 0 Å². The Morgan fingerprint density at radius 3 is 2.74 bits per heavy atom. The SMILES string of the molecule is CCCC1(C(O)CCCN2CCC(Cl)C2C/C=C\CCCC(=O)O)CCC1. The third-order valence-corrected chi connectivity index (χ3v) is 7.12. The van der Waals surface area contributed by atoms with Crippen LogP contribution in [0, 0.1) is 5.41 Å². The van der Waals surface area contributed by atoms with Gasteiger partial charge in [-0.15, -0.1) is 11.6 Å². The average Bonchev–Trinajstić information content (AvgIpc) is 2.94. The maximum absolute atomic E-state index is 10.7. The normalized spacial score (nSPS) is 26.3. The van der Waals surface area contributed by atoms with Crippen molar-refractivity contribution in [3.05, 3.63) is 12.2 Å². The molecular weight excluding hydrogens is 362 g/mol. The topological polar surface area (TPSA) is 60.8 Å². The number of carboxylic acid groups (broad SMARTS) is 1. The third kappa shape index (κ3) is 6.76. The molecule has 1 saturated carbocycles. The number of aliphatic hydroxyl groups excluding tert-OH is 1. The molecule has 1 saturated heterocycles. The first-order valence-corrected chi connectivity index (χ1v) is 11.3. The molecule has 1 heterocycles. The molecule has 3 atom stereocenters. The molecule has 156 valence electrons. The highest BCUT2D eigenvalue weighted by Gasteiger charge is 2.42. The molecule has 0 aromatic carbocycles. The Bertz CT molecular complexity index is 478. The number of nitrogens with zero attached hydrogens (tertiary/aromatic N) is 1. The molecule has 2 fully saturated rings. The van der Waals surface area contributed by atoms with Crippen molar-refractivity contribution in [2.75, 3.05) is 13.1 Å². The van der Waals surface area contributed by atoms with Crippen LogP contribution in [0.4, 0.5) is 0 Å². The van der Waals surface area contributed by atoms with Crippen molar-refractivity contribution in [1.29, 1.82) is 0 Å². The van der Waals surface area contributed by atoms with Gasteiger partial charge in [-0.05, 0) is 76.3 Å². The van der Waals surface area contributed by atoms with Gasteiger partial charge in [-0.3, -0.25) is 9.69 Å². The van der Waals surface area contributed by atoms with Gasteiger partial charge >= 0.3 is 5.97 Å². The molecule has 0 radical (unpaired) electrons. The minimum atomic E-state index is -0.726. The fourth-order valence-electron chi connectivity index (χ4n) is 4.85. The smallest absolute Gasteiger partial charge is 0.303 e. The second-order valence-corrected chi connectivity index (χ2v) is 9.09. The molecule has 2 aliphatic rings. The molecule has 0 amide bonds. The highest BCUT2D eigenvalue weighted by molar-refractivity contribution is 6.21. The van der Waals surface area contributed by atoms with Crippen LogP contribution in [0.25, 0.3) is 0 Å². The van der Waals surface area contributed by atoms with E-state index in [2.05, 4.69) is 24.0 Å². The second-order valence-electron chi connectivity index (χ2n) is 8.53. The minimum Gasteiger partial charge on any atom is -0.481 e. The lowest BCUT2D eigenvalue weighted by molar-refractivity contribution is -0.137. The Morgan fingerprint density at radius 2 is 2.11 bits per heavy atom. The molecule has 2 N–H and O–H groups in total. The Kier molecular flexibility index (Phi) is 9.61. The summed E-state index contributed by atoms with van der Waals surface area (Å²) < 4.78 is 0. The van der Waals surface area contributed by atoms with Gasteiger partial charge in [-0.2, -0.15) is 0 Å². The number of allylic oxidation sites excluding steroid dienone is 1. The van der Waals surface area contributed by atoms with Crippen molar-refractivity contribution in [1.82, 2.24) is 4.90 Å². The number of halogens is 1. The lowest BCUT2D eigenvalue weighted by Crippen LogP contribution is -2.42. The van der Waals surface area contributed by atoms with Crippen LogP contribution in [0.1, 0.15) is 84.0 Å². The molecule has 0 aromatic rings. The van der Waals surface area contributed by atoms with Crippen molar-refractivity contribution in [3.8, 4) is 0 Å². The van der Waals surface area contributed by atoms with Gasteiger partial charge in [0.1, 0.15) is 0 Å². The Hall–Kier alpha value is -0.580.